The Kier molecular flexibility index (Phi) is 4.51. The summed E-state index contributed by atoms with van der Waals surface area (Å²) in [5, 5.41) is 5.02. The summed E-state index contributed by atoms with van der Waals surface area (Å²) in [7, 11) is 0. The molecular weight excluding hydrogens is 410 g/mol. The number of anilines is 2. The van der Waals surface area contributed by atoms with E-state index in [0.717, 1.165) is 22.9 Å². The molecule has 5 rings (SSSR count). The van der Waals surface area contributed by atoms with Gasteiger partial charge in [0.25, 0.3) is 0 Å². The highest BCUT2D eigenvalue weighted by atomic mass is 35.5. The van der Waals surface area contributed by atoms with Gasteiger partial charge in [-0.25, -0.2) is 18.4 Å². The van der Waals surface area contributed by atoms with E-state index in [-0.39, 0.29) is 0 Å². The van der Waals surface area contributed by atoms with Crippen LogP contribution in [0.1, 0.15) is 17.0 Å². The zero-order valence-corrected chi connectivity index (χ0v) is 16.8. The molecule has 0 aliphatic carbocycles. The molecule has 1 aliphatic heterocycles. The van der Waals surface area contributed by atoms with E-state index in [1.807, 2.05) is 28.5 Å². The molecule has 0 spiro atoms. The molecule has 9 heteroatoms. The number of imidazole rings is 1. The molecule has 0 bridgehead atoms. The molecule has 6 nitrogen and oxygen atoms in total. The molecule has 30 heavy (non-hydrogen) atoms. The number of rotatable bonds is 4. The molecule has 2 aromatic carbocycles. The standard InChI is InChI=1S/C21H17ClF2N6/c1-13-8-14(2-5-18(13)28-11-19(22)25-12-28)9-20-26-21-29(6-7-30(21)27-20)15-3-4-16(23)17(24)10-15/h2-5,8,10-12H,6-7,9H2,1H3. The second kappa shape index (κ2) is 7.21. The van der Waals surface area contributed by atoms with E-state index in [2.05, 4.69) is 21.1 Å². The smallest absolute Gasteiger partial charge is 0.228 e. The second-order valence-corrected chi connectivity index (χ2v) is 7.59. The van der Waals surface area contributed by atoms with Gasteiger partial charge in [-0.15, -0.1) is 0 Å². The largest absolute Gasteiger partial charge is 0.309 e. The molecule has 0 N–H and O–H groups in total. The minimum absolute atomic E-state index is 0.445. The molecular formula is C21H17ClF2N6. The highest BCUT2D eigenvalue weighted by Crippen LogP contribution is 2.30. The van der Waals surface area contributed by atoms with Crippen molar-refractivity contribution < 1.29 is 8.78 Å². The van der Waals surface area contributed by atoms with Crippen molar-refractivity contribution in [3.8, 4) is 5.69 Å². The van der Waals surface area contributed by atoms with Crippen LogP contribution in [0.5, 0.6) is 0 Å². The maximum Gasteiger partial charge on any atom is 0.228 e. The van der Waals surface area contributed by atoms with Crippen LogP contribution in [0.25, 0.3) is 5.69 Å². The third-order valence-corrected chi connectivity index (χ3v) is 5.34. The zero-order valence-electron chi connectivity index (χ0n) is 16.1. The van der Waals surface area contributed by atoms with Crippen LogP contribution in [0.2, 0.25) is 5.15 Å². The fourth-order valence-electron chi connectivity index (χ4n) is 3.73. The highest BCUT2D eigenvalue weighted by Gasteiger charge is 2.25. The molecule has 152 valence electrons. The summed E-state index contributed by atoms with van der Waals surface area (Å²) < 4.78 is 30.6. The summed E-state index contributed by atoms with van der Waals surface area (Å²) >= 11 is 5.92. The van der Waals surface area contributed by atoms with Gasteiger partial charge in [0.2, 0.25) is 5.95 Å². The first-order valence-corrected chi connectivity index (χ1v) is 9.81. The predicted octanol–water partition coefficient (Wildman–Crippen LogP) is 4.45. The summed E-state index contributed by atoms with van der Waals surface area (Å²) in [6.07, 6.45) is 4.01. The summed E-state index contributed by atoms with van der Waals surface area (Å²) in [5.74, 6) is -0.426. The van der Waals surface area contributed by atoms with Crippen LogP contribution in [-0.4, -0.2) is 30.9 Å². The first kappa shape index (κ1) is 18.7. The SMILES string of the molecule is Cc1cc(Cc2nc3n(n2)CCN3c2ccc(F)c(F)c2)ccc1-n1cnc(Cl)c1. The van der Waals surface area contributed by atoms with Gasteiger partial charge in [0.05, 0.1) is 6.54 Å². The Morgan fingerprint density at radius 1 is 1.07 bits per heavy atom. The maximum atomic E-state index is 13.6. The first-order chi connectivity index (χ1) is 14.5. The fraction of sp³-hybridized carbons (Fsp3) is 0.190. The number of aromatic nitrogens is 5. The Labute approximate surface area is 176 Å². The molecule has 1 aliphatic rings. The molecule has 3 heterocycles. The van der Waals surface area contributed by atoms with Crippen molar-refractivity contribution in [3.05, 3.63) is 82.7 Å². The lowest BCUT2D eigenvalue weighted by molar-refractivity contribution is 0.508. The van der Waals surface area contributed by atoms with Crippen molar-refractivity contribution in [3.63, 3.8) is 0 Å². The molecule has 4 aromatic rings. The van der Waals surface area contributed by atoms with Crippen molar-refractivity contribution in [2.45, 2.75) is 19.9 Å². The molecule has 2 aromatic heterocycles. The van der Waals surface area contributed by atoms with Crippen LogP contribution in [-0.2, 0) is 13.0 Å². The number of halogens is 3. The topological polar surface area (TPSA) is 51.8 Å². The average molecular weight is 427 g/mol. The number of fused-ring (bicyclic) bond motifs is 1. The van der Waals surface area contributed by atoms with Crippen LogP contribution in [0.15, 0.2) is 48.9 Å². The van der Waals surface area contributed by atoms with Crippen molar-refractivity contribution in [1.82, 2.24) is 24.3 Å². The molecule has 0 unspecified atom stereocenters. The highest BCUT2D eigenvalue weighted by molar-refractivity contribution is 6.29. The van der Waals surface area contributed by atoms with Crippen LogP contribution in [0.4, 0.5) is 20.4 Å². The van der Waals surface area contributed by atoms with Crippen LogP contribution in [0, 0.1) is 18.6 Å². The third-order valence-electron chi connectivity index (χ3n) is 5.14. The molecule has 0 amide bonds. The van der Waals surface area contributed by atoms with Crippen LogP contribution in [0.3, 0.4) is 0 Å². The van der Waals surface area contributed by atoms with E-state index < -0.39 is 11.6 Å². The van der Waals surface area contributed by atoms with Gasteiger partial charge in [-0.3, -0.25) is 0 Å². The van der Waals surface area contributed by atoms with Gasteiger partial charge in [0.1, 0.15) is 11.5 Å². The van der Waals surface area contributed by atoms with Gasteiger partial charge < -0.3 is 9.47 Å². The van der Waals surface area contributed by atoms with E-state index in [0.29, 0.717) is 42.1 Å². The van der Waals surface area contributed by atoms with Gasteiger partial charge in [-0.1, -0.05) is 23.7 Å². The van der Waals surface area contributed by atoms with Crippen LogP contribution < -0.4 is 4.90 Å². The molecule has 0 atom stereocenters. The lowest BCUT2D eigenvalue weighted by Gasteiger charge is -2.15. The quantitative estimate of drug-likeness (QED) is 0.484. The molecule has 0 saturated heterocycles. The molecule has 0 fully saturated rings. The lowest BCUT2D eigenvalue weighted by Crippen LogP contribution is -2.15. The van der Waals surface area contributed by atoms with E-state index in [1.165, 1.54) is 6.07 Å². The van der Waals surface area contributed by atoms with Gasteiger partial charge in [0.15, 0.2) is 17.5 Å². The zero-order chi connectivity index (χ0) is 20.8. The minimum Gasteiger partial charge on any atom is -0.309 e. The maximum absolute atomic E-state index is 13.6. The monoisotopic (exact) mass is 426 g/mol. The number of hydrogen-bond donors (Lipinski definition) is 0. The summed E-state index contributed by atoms with van der Waals surface area (Å²) in [6.45, 7) is 3.28. The van der Waals surface area contributed by atoms with E-state index in [1.54, 1.807) is 23.3 Å². The average Bonchev–Trinajstić information content (AvgIpc) is 3.40. The van der Waals surface area contributed by atoms with E-state index >= 15 is 0 Å². The lowest BCUT2D eigenvalue weighted by atomic mass is 10.1. The molecule has 0 saturated carbocycles. The number of hydrogen-bond acceptors (Lipinski definition) is 4. The van der Waals surface area contributed by atoms with Gasteiger partial charge in [-0.05, 0) is 36.2 Å². The second-order valence-electron chi connectivity index (χ2n) is 7.20. The number of aryl methyl sites for hydroxylation is 1. The van der Waals surface area contributed by atoms with Crippen molar-refractivity contribution in [2.75, 3.05) is 11.4 Å². The van der Waals surface area contributed by atoms with E-state index in [9.17, 15) is 8.78 Å². The Hall–Kier alpha value is -3.26. The Balaban J connectivity index is 1.38. The van der Waals surface area contributed by atoms with Gasteiger partial charge >= 0.3 is 0 Å². The summed E-state index contributed by atoms with van der Waals surface area (Å²) in [4.78, 5) is 10.5. The number of nitrogens with zero attached hydrogens (tertiary/aromatic N) is 6. The van der Waals surface area contributed by atoms with Gasteiger partial charge in [-0.2, -0.15) is 10.1 Å². The van der Waals surface area contributed by atoms with Gasteiger partial charge in [0, 0.05) is 36.6 Å². The summed E-state index contributed by atoms with van der Waals surface area (Å²) in [5.41, 5.74) is 3.72. The van der Waals surface area contributed by atoms with E-state index in [4.69, 9.17) is 11.6 Å². The van der Waals surface area contributed by atoms with Crippen molar-refractivity contribution >= 4 is 23.2 Å². The Morgan fingerprint density at radius 3 is 2.67 bits per heavy atom. The Bertz CT molecular complexity index is 1250. The van der Waals surface area contributed by atoms with Crippen molar-refractivity contribution in [2.24, 2.45) is 0 Å². The minimum atomic E-state index is -0.875. The first-order valence-electron chi connectivity index (χ1n) is 9.43. The van der Waals surface area contributed by atoms with Crippen molar-refractivity contribution in [1.29, 1.82) is 0 Å². The molecule has 0 radical (unpaired) electrons. The van der Waals surface area contributed by atoms with Crippen LogP contribution >= 0.6 is 11.6 Å². The third kappa shape index (κ3) is 3.33. The predicted molar refractivity (Wildman–Crippen MR) is 110 cm³/mol. The normalized spacial score (nSPS) is 13.1. The summed E-state index contributed by atoms with van der Waals surface area (Å²) in [6, 6.07) is 9.98. The fourth-order valence-corrected chi connectivity index (χ4v) is 3.88. The number of benzene rings is 2. The Morgan fingerprint density at radius 2 is 1.93 bits per heavy atom.